The lowest BCUT2D eigenvalue weighted by molar-refractivity contribution is 0.153. The third-order valence-electron chi connectivity index (χ3n) is 7.02. The van der Waals surface area contributed by atoms with E-state index in [4.69, 9.17) is 4.74 Å². The Balaban J connectivity index is 1.38. The van der Waals surface area contributed by atoms with Crippen molar-refractivity contribution in [2.45, 2.75) is 77.6 Å². The first-order valence-electron chi connectivity index (χ1n) is 11.4. The van der Waals surface area contributed by atoms with Crippen LogP contribution >= 0.6 is 15.9 Å². The van der Waals surface area contributed by atoms with Crippen LogP contribution in [0.3, 0.4) is 0 Å². The van der Waals surface area contributed by atoms with E-state index in [0.29, 0.717) is 12.4 Å². The van der Waals surface area contributed by atoms with Crippen LogP contribution in [0.15, 0.2) is 29.3 Å². The molecule has 3 heteroatoms. The minimum atomic E-state index is -0.208. The Morgan fingerprint density at radius 3 is 2.32 bits per heavy atom. The van der Waals surface area contributed by atoms with E-state index in [-0.39, 0.29) is 5.82 Å². The van der Waals surface area contributed by atoms with Crippen molar-refractivity contribution < 1.29 is 9.13 Å². The summed E-state index contributed by atoms with van der Waals surface area (Å²) in [6.07, 6.45) is 16.6. The molecule has 0 saturated heterocycles. The van der Waals surface area contributed by atoms with Crippen LogP contribution in [0, 0.1) is 29.5 Å². The molecule has 0 bridgehead atoms. The minimum Gasteiger partial charge on any atom is -0.491 e. The van der Waals surface area contributed by atoms with Crippen LogP contribution < -0.4 is 4.74 Å². The topological polar surface area (TPSA) is 9.23 Å². The number of hydrogen-bond acceptors (Lipinski definition) is 1. The Labute approximate surface area is 179 Å². The van der Waals surface area contributed by atoms with Gasteiger partial charge < -0.3 is 4.74 Å². The molecule has 0 N–H and O–H groups in total. The summed E-state index contributed by atoms with van der Waals surface area (Å²) in [4.78, 5) is 2.04. The van der Waals surface area contributed by atoms with Crippen LogP contribution in [-0.2, 0) is 6.42 Å². The van der Waals surface area contributed by atoms with Gasteiger partial charge in [-0.15, -0.1) is 0 Å². The van der Waals surface area contributed by atoms with Gasteiger partial charge in [0.1, 0.15) is 0 Å². The number of ether oxygens (including phenoxy) is 1. The number of rotatable bonds is 8. The van der Waals surface area contributed by atoms with Gasteiger partial charge in [0.2, 0.25) is 0 Å². The molecule has 0 amide bonds. The average molecular weight is 451 g/mol. The van der Waals surface area contributed by atoms with Gasteiger partial charge in [-0.05, 0) is 104 Å². The lowest BCUT2D eigenvalue weighted by Crippen LogP contribution is -2.25. The first-order chi connectivity index (χ1) is 13.7. The fourth-order valence-corrected chi connectivity index (χ4v) is 5.69. The molecule has 28 heavy (non-hydrogen) atoms. The fraction of sp³-hybridized carbons (Fsp3) is 0.680. The molecule has 156 valence electrons. The summed E-state index contributed by atoms with van der Waals surface area (Å²) in [5, 5.41) is 0. The van der Waals surface area contributed by atoms with Crippen LogP contribution in [0.4, 0.5) is 4.39 Å². The van der Waals surface area contributed by atoms with Crippen LogP contribution in [-0.4, -0.2) is 6.61 Å². The summed E-state index contributed by atoms with van der Waals surface area (Å²) >= 11 is 3.42. The standard InChI is InChI=1S/C25H36BrFO/c1-2-17-28-25-14-9-21(18-24(25)27)4-3-19-5-10-22(11-6-19)23-12-7-20(8-13-23)15-16-26/h9,14-16,18-20,22-23H,2-8,10-13,17H2,1H3/b16-15+. The number of halogens is 2. The second kappa shape index (κ2) is 11.4. The second-order valence-electron chi connectivity index (χ2n) is 8.93. The highest BCUT2D eigenvalue weighted by molar-refractivity contribution is 9.11. The number of hydrogen-bond donors (Lipinski definition) is 0. The van der Waals surface area contributed by atoms with Crippen LogP contribution in [0.1, 0.15) is 76.7 Å². The maximum Gasteiger partial charge on any atom is 0.165 e. The number of aryl methyl sites for hydroxylation is 1. The van der Waals surface area contributed by atoms with Crippen LogP contribution in [0.25, 0.3) is 0 Å². The smallest absolute Gasteiger partial charge is 0.165 e. The van der Waals surface area contributed by atoms with Gasteiger partial charge >= 0.3 is 0 Å². The third-order valence-corrected chi connectivity index (χ3v) is 7.32. The molecular formula is C25H36BrFO. The molecule has 2 fully saturated rings. The van der Waals surface area contributed by atoms with Gasteiger partial charge in [-0.1, -0.05) is 47.8 Å². The zero-order valence-electron chi connectivity index (χ0n) is 17.3. The molecular weight excluding hydrogens is 415 g/mol. The van der Waals surface area contributed by atoms with E-state index in [1.54, 1.807) is 12.1 Å². The molecule has 0 aromatic heterocycles. The highest BCUT2D eigenvalue weighted by Crippen LogP contribution is 2.42. The van der Waals surface area contributed by atoms with Crippen molar-refractivity contribution in [3.63, 3.8) is 0 Å². The second-order valence-corrected chi connectivity index (χ2v) is 9.45. The van der Waals surface area contributed by atoms with Gasteiger partial charge in [0.25, 0.3) is 0 Å². The normalized spacial score (nSPS) is 28.5. The molecule has 0 spiro atoms. The van der Waals surface area contributed by atoms with Crippen molar-refractivity contribution in [1.82, 2.24) is 0 Å². The Kier molecular flexibility index (Phi) is 8.89. The fourth-order valence-electron chi connectivity index (χ4n) is 5.26. The van der Waals surface area contributed by atoms with Crippen molar-refractivity contribution in [3.05, 3.63) is 40.6 Å². The number of allylic oxidation sites excluding steroid dienone is 1. The van der Waals surface area contributed by atoms with Gasteiger partial charge in [0.15, 0.2) is 11.6 Å². The largest absolute Gasteiger partial charge is 0.491 e. The summed E-state index contributed by atoms with van der Waals surface area (Å²) in [5.74, 6) is 3.73. The molecule has 0 unspecified atom stereocenters. The zero-order chi connectivity index (χ0) is 19.8. The predicted molar refractivity (Wildman–Crippen MR) is 119 cm³/mol. The Morgan fingerprint density at radius 1 is 1.04 bits per heavy atom. The zero-order valence-corrected chi connectivity index (χ0v) is 18.9. The van der Waals surface area contributed by atoms with Crippen molar-refractivity contribution in [1.29, 1.82) is 0 Å². The third kappa shape index (κ3) is 6.34. The lowest BCUT2D eigenvalue weighted by Gasteiger charge is -2.37. The van der Waals surface area contributed by atoms with Gasteiger partial charge in [0.05, 0.1) is 6.61 Å². The molecule has 1 aromatic rings. The van der Waals surface area contributed by atoms with E-state index in [0.717, 1.165) is 42.1 Å². The SMILES string of the molecule is CCCOc1ccc(CCC2CCC(C3CCC(/C=C/Br)CC3)CC2)cc1F. The average Bonchev–Trinajstić information content (AvgIpc) is 2.73. The van der Waals surface area contributed by atoms with E-state index in [2.05, 4.69) is 22.0 Å². The molecule has 1 aromatic carbocycles. The maximum atomic E-state index is 14.1. The molecule has 2 saturated carbocycles. The van der Waals surface area contributed by atoms with Crippen LogP contribution in [0.5, 0.6) is 5.75 Å². The first kappa shape index (κ1) is 21.9. The van der Waals surface area contributed by atoms with Crippen molar-refractivity contribution >= 4 is 15.9 Å². The highest BCUT2D eigenvalue weighted by atomic mass is 79.9. The molecule has 0 radical (unpaired) electrons. The highest BCUT2D eigenvalue weighted by Gasteiger charge is 2.30. The molecule has 3 rings (SSSR count). The van der Waals surface area contributed by atoms with Gasteiger partial charge in [-0.2, -0.15) is 0 Å². The minimum absolute atomic E-state index is 0.208. The monoisotopic (exact) mass is 450 g/mol. The molecule has 2 aliphatic carbocycles. The Bertz CT molecular complexity index is 613. The van der Waals surface area contributed by atoms with E-state index >= 15 is 0 Å². The molecule has 0 atom stereocenters. The molecule has 2 aliphatic rings. The van der Waals surface area contributed by atoms with E-state index < -0.39 is 0 Å². The lowest BCUT2D eigenvalue weighted by atomic mass is 9.68. The summed E-state index contributed by atoms with van der Waals surface area (Å²) in [6.45, 7) is 2.61. The Morgan fingerprint density at radius 2 is 1.71 bits per heavy atom. The predicted octanol–water partition coefficient (Wildman–Crippen LogP) is 8.07. The van der Waals surface area contributed by atoms with E-state index in [9.17, 15) is 4.39 Å². The maximum absolute atomic E-state index is 14.1. The van der Waals surface area contributed by atoms with Crippen molar-refractivity contribution in [2.75, 3.05) is 6.61 Å². The van der Waals surface area contributed by atoms with E-state index in [1.807, 2.05) is 18.0 Å². The van der Waals surface area contributed by atoms with Gasteiger partial charge in [-0.25, -0.2) is 4.39 Å². The summed E-state index contributed by atoms with van der Waals surface area (Å²) < 4.78 is 19.6. The van der Waals surface area contributed by atoms with Gasteiger partial charge in [-0.3, -0.25) is 0 Å². The van der Waals surface area contributed by atoms with E-state index in [1.165, 1.54) is 57.8 Å². The quantitative estimate of drug-likeness (QED) is 0.388. The summed E-state index contributed by atoms with van der Waals surface area (Å²) in [5.41, 5.74) is 1.11. The molecule has 0 aliphatic heterocycles. The Hall–Kier alpha value is -0.830. The van der Waals surface area contributed by atoms with Gasteiger partial charge in [0, 0.05) is 0 Å². The molecule has 1 nitrogen and oxygen atoms in total. The summed E-state index contributed by atoms with van der Waals surface area (Å²) in [6, 6.07) is 5.52. The first-order valence-corrected chi connectivity index (χ1v) is 12.3. The van der Waals surface area contributed by atoms with Crippen molar-refractivity contribution in [3.8, 4) is 5.75 Å². The summed E-state index contributed by atoms with van der Waals surface area (Å²) in [7, 11) is 0. The van der Waals surface area contributed by atoms with Crippen LogP contribution in [0.2, 0.25) is 0 Å². The van der Waals surface area contributed by atoms with Crippen molar-refractivity contribution in [2.24, 2.45) is 23.7 Å². The number of benzene rings is 1. The molecule has 0 heterocycles.